The van der Waals surface area contributed by atoms with Gasteiger partial charge in [-0.3, -0.25) is 9.78 Å². The van der Waals surface area contributed by atoms with Crippen molar-refractivity contribution in [3.05, 3.63) is 0 Å². The summed E-state index contributed by atoms with van der Waals surface area (Å²) in [5.74, 6) is 0.200. The number of fused-ring (bicyclic) bond motifs is 2. The third-order valence-electron chi connectivity index (χ3n) is 5.15. The van der Waals surface area contributed by atoms with Crippen LogP contribution in [0.25, 0.3) is 11.2 Å². The molecule has 3 heterocycles. The second-order valence-corrected chi connectivity index (χ2v) is 8.78. The minimum Gasteiger partial charge on any atom is -0.467 e. The Morgan fingerprint density at radius 1 is 1.38 bits per heavy atom. The van der Waals surface area contributed by atoms with Crippen LogP contribution >= 0.6 is 11.8 Å². The molecule has 3 N–H and O–H groups in total. The number of hydrogen-bond acceptors (Lipinski definition) is 9. The maximum absolute atomic E-state index is 11.5. The smallest absolute Gasteiger partial charge is 0.331 e. The number of anilines is 1. The summed E-state index contributed by atoms with van der Waals surface area (Å²) >= 11 is 1.58. The molecular weight excluding hydrogens is 398 g/mol. The van der Waals surface area contributed by atoms with Crippen molar-refractivity contribution in [2.45, 2.75) is 68.9 Å². The molecule has 2 fully saturated rings. The van der Waals surface area contributed by atoms with Gasteiger partial charge in [0.2, 0.25) is 0 Å². The first-order valence-electron chi connectivity index (χ1n) is 9.73. The summed E-state index contributed by atoms with van der Waals surface area (Å²) in [6.45, 7) is 5.73. The SMILES string of the molecule is CCCSc1nc(N)c2[nH]n(C3CC(OCC(=O)OC)C4OC(C)(C)OC43)c2n1. The Morgan fingerprint density at radius 2 is 2.14 bits per heavy atom. The summed E-state index contributed by atoms with van der Waals surface area (Å²) in [7, 11) is 1.34. The van der Waals surface area contributed by atoms with E-state index < -0.39 is 11.8 Å². The van der Waals surface area contributed by atoms with Gasteiger partial charge in [0.15, 0.2) is 22.4 Å². The number of carbonyl (C=O) groups excluding carboxylic acids is 1. The van der Waals surface area contributed by atoms with Crippen molar-refractivity contribution in [3.63, 3.8) is 0 Å². The van der Waals surface area contributed by atoms with Crippen molar-refractivity contribution in [1.29, 1.82) is 0 Å². The maximum atomic E-state index is 11.5. The summed E-state index contributed by atoms with van der Waals surface area (Å²) in [6.07, 6.45) is 0.800. The van der Waals surface area contributed by atoms with Crippen LogP contribution in [-0.2, 0) is 23.7 Å². The van der Waals surface area contributed by atoms with Crippen molar-refractivity contribution in [2.75, 3.05) is 25.2 Å². The van der Waals surface area contributed by atoms with E-state index in [4.69, 9.17) is 19.9 Å². The summed E-state index contributed by atoms with van der Waals surface area (Å²) in [6, 6.07) is -0.0877. The summed E-state index contributed by atoms with van der Waals surface area (Å²) in [5, 5.41) is 3.90. The fraction of sp³-hybridized carbons (Fsp3) is 0.722. The Bertz CT molecular complexity index is 897. The molecule has 1 saturated carbocycles. The molecular formula is C18H27N5O5S. The predicted molar refractivity (Wildman–Crippen MR) is 107 cm³/mol. The fourth-order valence-corrected chi connectivity index (χ4v) is 4.60. The van der Waals surface area contributed by atoms with Gasteiger partial charge in [0.05, 0.1) is 19.3 Å². The lowest BCUT2D eigenvalue weighted by atomic mass is 10.2. The van der Waals surface area contributed by atoms with Crippen LogP contribution in [0.5, 0.6) is 0 Å². The van der Waals surface area contributed by atoms with E-state index in [9.17, 15) is 4.79 Å². The zero-order valence-corrected chi connectivity index (χ0v) is 17.8. The molecule has 2 aromatic rings. The molecule has 2 aliphatic rings. The van der Waals surface area contributed by atoms with Gasteiger partial charge in [-0.15, -0.1) is 0 Å². The molecule has 0 aromatic carbocycles. The van der Waals surface area contributed by atoms with Crippen LogP contribution < -0.4 is 5.73 Å². The van der Waals surface area contributed by atoms with E-state index >= 15 is 0 Å². The molecule has 4 atom stereocenters. The number of nitrogen functional groups attached to an aromatic ring is 1. The third-order valence-corrected chi connectivity index (χ3v) is 6.20. The number of rotatable bonds is 7. The molecule has 11 heteroatoms. The van der Waals surface area contributed by atoms with E-state index in [1.165, 1.54) is 7.11 Å². The van der Waals surface area contributed by atoms with Crippen molar-refractivity contribution in [3.8, 4) is 0 Å². The number of H-pyrrole nitrogens is 1. The number of methoxy groups -OCH3 is 1. The number of esters is 1. The number of ether oxygens (including phenoxy) is 4. The highest BCUT2D eigenvalue weighted by molar-refractivity contribution is 7.99. The van der Waals surface area contributed by atoms with Crippen molar-refractivity contribution >= 4 is 34.7 Å². The second kappa shape index (κ2) is 7.78. The van der Waals surface area contributed by atoms with Gasteiger partial charge in [0.1, 0.15) is 24.3 Å². The molecule has 10 nitrogen and oxygen atoms in total. The van der Waals surface area contributed by atoms with Crippen LogP contribution in [0, 0.1) is 0 Å². The molecule has 0 bridgehead atoms. The Hall–Kier alpha value is -1.82. The minimum absolute atomic E-state index is 0.0877. The highest BCUT2D eigenvalue weighted by Crippen LogP contribution is 2.46. The monoisotopic (exact) mass is 425 g/mol. The number of nitrogens with one attached hydrogen (secondary N) is 1. The van der Waals surface area contributed by atoms with Gasteiger partial charge in [0, 0.05) is 12.2 Å². The first-order chi connectivity index (χ1) is 13.8. The van der Waals surface area contributed by atoms with Gasteiger partial charge >= 0.3 is 5.97 Å². The van der Waals surface area contributed by atoms with Gasteiger partial charge in [0.25, 0.3) is 0 Å². The number of aromatic amines is 1. The van der Waals surface area contributed by atoms with Gasteiger partial charge in [-0.05, 0) is 20.3 Å². The highest BCUT2D eigenvalue weighted by atomic mass is 32.2. The molecule has 0 amide bonds. The highest BCUT2D eigenvalue weighted by Gasteiger charge is 2.56. The lowest BCUT2D eigenvalue weighted by Gasteiger charge is -2.27. The molecule has 1 aliphatic heterocycles. The summed E-state index contributed by atoms with van der Waals surface area (Å²) < 4.78 is 24.7. The lowest BCUT2D eigenvalue weighted by molar-refractivity contribution is -0.173. The van der Waals surface area contributed by atoms with E-state index in [1.54, 1.807) is 11.8 Å². The number of carbonyl (C=O) groups is 1. The lowest BCUT2D eigenvalue weighted by Crippen LogP contribution is -2.32. The number of hydrogen-bond donors (Lipinski definition) is 2. The minimum atomic E-state index is -0.735. The molecule has 0 radical (unpaired) electrons. The largest absolute Gasteiger partial charge is 0.467 e. The van der Waals surface area contributed by atoms with Crippen LogP contribution in [0.4, 0.5) is 5.82 Å². The Kier molecular flexibility index (Phi) is 5.49. The topological polar surface area (TPSA) is 127 Å². The molecule has 1 aliphatic carbocycles. The molecule has 160 valence electrons. The Balaban J connectivity index is 1.60. The van der Waals surface area contributed by atoms with Gasteiger partial charge in [-0.25, -0.2) is 14.8 Å². The van der Waals surface area contributed by atoms with E-state index in [1.807, 2.05) is 18.5 Å². The first-order valence-corrected chi connectivity index (χ1v) is 10.7. The van der Waals surface area contributed by atoms with Crippen molar-refractivity contribution in [1.82, 2.24) is 19.7 Å². The summed E-state index contributed by atoms with van der Waals surface area (Å²) in [4.78, 5) is 20.5. The Morgan fingerprint density at radius 3 is 2.86 bits per heavy atom. The first kappa shape index (κ1) is 20.5. The van der Waals surface area contributed by atoms with Crippen molar-refractivity contribution in [2.24, 2.45) is 0 Å². The van der Waals surface area contributed by atoms with E-state index in [0.29, 0.717) is 17.4 Å². The number of nitrogens with zero attached hydrogens (tertiary/aromatic N) is 3. The molecule has 29 heavy (non-hydrogen) atoms. The molecule has 2 aromatic heterocycles. The van der Waals surface area contributed by atoms with Crippen molar-refractivity contribution < 1.29 is 23.7 Å². The van der Waals surface area contributed by atoms with Crippen LogP contribution in [0.3, 0.4) is 0 Å². The van der Waals surface area contributed by atoms with Crippen LogP contribution in [0.1, 0.15) is 39.7 Å². The molecule has 0 spiro atoms. The van der Waals surface area contributed by atoms with Gasteiger partial charge < -0.3 is 24.7 Å². The second-order valence-electron chi connectivity index (χ2n) is 7.71. The quantitative estimate of drug-likeness (QED) is 0.388. The van der Waals surface area contributed by atoms with Crippen LogP contribution in [-0.4, -0.2) is 69.3 Å². The predicted octanol–water partition coefficient (Wildman–Crippen LogP) is 1.87. The third kappa shape index (κ3) is 3.83. The van der Waals surface area contributed by atoms with Gasteiger partial charge in [-0.1, -0.05) is 18.7 Å². The number of aromatic nitrogens is 4. The molecule has 4 unspecified atom stereocenters. The average Bonchev–Trinajstić information content (AvgIpc) is 3.14. The average molecular weight is 426 g/mol. The van der Waals surface area contributed by atoms with Gasteiger partial charge in [-0.2, -0.15) is 0 Å². The van der Waals surface area contributed by atoms with E-state index in [-0.39, 0.29) is 31.0 Å². The summed E-state index contributed by atoms with van der Waals surface area (Å²) in [5.41, 5.74) is 7.57. The fourth-order valence-electron chi connectivity index (χ4n) is 3.90. The molecule has 4 rings (SSSR count). The normalized spacial score (nSPS) is 28.1. The maximum Gasteiger partial charge on any atom is 0.331 e. The van der Waals surface area contributed by atoms with E-state index in [0.717, 1.165) is 23.3 Å². The van der Waals surface area contributed by atoms with Crippen LogP contribution in [0.2, 0.25) is 0 Å². The van der Waals surface area contributed by atoms with E-state index in [2.05, 4.69) is 26.7 Å². The Labute approximate surface area is 172 Å². The molecule has 1 saturated heterocycles. The zero-order chi connectivity index (χ0) is 20.8. The standard InChI is InChI=1S/C18H27N5O5S/c1-5-6-29-17-20-15(19)12-16(21-17)23(22-12)9-7-10(26-8-11(24)25-4)14-13(9)27-18(2,3)28-14/h9-10,13-14,22H,5-8H2,1-4H3,(H2,19,20,21). The number of nitrogens with two attached hydrogens (primary N) is 1. The zero-order valence-electron chi connectivity index (χ0n) is 17.0. The number of thioether (sulfide) groups is 1. The van der Waals surface area contributed by atoms with Crippen LogP contribution in [0.15, 0.2) is 5.16 Å².